The Kier molecular flexibility index (Phi) is 4.62. The van der Waals surface area contributed by atoms with Gasteiger partial charge in [-0.2, -0.15) is 0 Å². The van der Waals surface area contributed by atoms with E-state index in [1.54, 1.807) is 4.90 Å². The molecule has 138 valence electrons. The molecule has 2 saturated heterocycles. The van der Waals surface area contributed by atoms with Gasteiger partial charge < -0.3 is 14.6 Å². The highest BCUT2D eigenvalue weighted by molar-refractivity contribution is 7.19. The number of aryl methyl sites for hydroxylation is 1. The number of nitrogens with zero attached hydrogens (tertiary/aromatic N) is 4. The maximum Gasteiger partial charge on any atom is 0.243 e. The largest absolute Gasteiger partial charge is 0.465 e. The SMILES string of the molecule is Cc1ccc(CNC(=O)C2CCCN2c2nnc(N3CCCC3=O)s2)o1. The second kappa shape index (κ2) is 7.06. The van der Waals surface area contributed by atoms with Gasteiger partial charge in [0.1, 0.15) is 17.6 Å². The van der Waals surface area contributed by atoms with Gasteiger partial charge in [0.15, 0.2) is 0 Å². The van der Waals surface area contributed by atoms with Gasteiger partial charge in [0.2, 0.25) is 22.1 Å². The maximum atomic E-state index is 12.6. The van der Waals surface area contributed by atoms with E-state index in [0.29, 0.717) is 29.8 Å². The lowest BCUT2D eigenvalue weighted by atomic mass is 10.2. The normalized spacial score (nSPS) is 20.2. The lowest BCUT2D eigenvalue weighted by Crippen LogP contribution is -2.43. The monoisotopic (exact) mass is 375 g/mol. The van der Waals surface area contributed by atoms with Gasteiger partial charge in [-0.05, 0) is 38.3 Å². The molecule has 0 bridgehead atoms. The molecule has 2 fully saturated rings. The minimum atomic E-state index is -0.263. The third-order valence-corrected chi connectivity index (χ3v) is 5.73. The van der Waals surface area contributed by atoms with Crippen molar-refractivity contribution < 1.29 is 14.0 Å². The van der Waals surface area contributed by atoms with E-state index >= 15 is 0 Å². The number of anilines is 2. The Bertz CT molecular complexity index is 817. The number of rotatable bonds is 5. The number of hydrogen-bond donors (Lipinski definition) is 1. The zero-order valence-electron chi connectivity index (χ0n) is 14.6. The summed E-state index contributed by atoms with van der Waals surface area (Å²) in [4.78, 5) is 28.2. The van der Waals surface area contributed by atoms with Crippen molar-refractivity contribution in [2.24, 2.45) is 0 Å². The van der Waals surface area contributed by atoms with Gasteiger partial charge in [-0.25, -0.2) is 0 Å². The predicted octanol–water partition coefficient (Wildman–Crippen LogP) is 1.85. The lowest BCUT2D eigenvalue weighted by Gasteiger charge is -2.22. The molecule has 0 saturated carbocycles. The van der Waals surface area contributed by atoms with Crippen molar-refractivity contribution in [3.63, 3.8) is 0 Å². The number of hydrogen-bond acceptors (Lipinski definition) is 7. The molecule has 26 heavy (non-hydrogen) atoms. The Morgan fingerprint density at radius 2 is 2.15 bits per heavy atom. The zero-order chi connectivity index (χ0) is 18.1. The highest BCUT2D eigenvalue weighted by atomic mass is 32.1. The molecule has 1 atom stereocenters. The van der Waals surface area contributed by atoms with Crippen LogP contribution in [0.15, 0.2) is 16.5 Å². The fraction of sp³-hybridized carbons (Fsp3) is 0.529. The van der Waals surface area contributed by atoms with Gasteiger partial charge in [-0.1, -0.05) is 11.3 Å². The second-order valence-corrected chi connectivity index (χ2v) is 7.53. The molecule has 0 spiro atoms. The molecule has 0 aromatic carbocycles. The summed E-state index contributed by atoms with van der Waals surface area (Å²) >= 11 is 1.38. The number of aromatic nitrogens is 2. The van der Waals surface area contributed by atoms with Crippen molar-refractivity contribution in [1.82, 2.24) is 15.5 Å². The molecule has 0 aliphatic carbocycles. The number of carbonyl (C=O) groups is 2. The lowest BCUT2D eigenvalue weighted by molar-refractivity contribution is -0.122. The third kappa shape index (κ3) is 3.31. The van der Waals surface area contributed by atoms with Crippen molar-refractivity contribution in [1.29, 1.82) is 0 Å². The van der Waals surface area contributed by atoms with Crippen LogP contribution in [-0.4, -0.2) is 41.1 Å². The second-order valence-electron chi connectivity index (χ2n) is 6.60. The van der Waals surface area contributed by atoms with Crippen LogP contribution >= 0.6 is 11.3 Å². The fourth-order valence-electron chi connectivity index (χ4n) is 3.42. The average Bonchev–Trinajstić information content (AvgIpc) is 3.39. The van der Waals surface area contributed by atoms with E-state index in [-0.39, 0.29) is 17.9 Å². The van der Waals surface area contributed by atoms with Gasteiger partial charge in [-0.3, -0.25) is 14.5 Å². The van der Waals surface area contributed by atoms with Crippen LogP contribution in [0, 0.1) is 6.92 Å². The maximum absolute atomic E-state index is 12.6. The molecule has 2 aromatic heterocycles. The Morgan fingerprint density at radius 1 is 1.31 bits per heavy atom. The Hall–Kier alpha value is -2.42. The van der Waals surface area contributed by atoms with Crippen LogP contribution in [0.1, 0.15) is 37.2 Å². The highest BCUT2D eigenvalue weighted by Crippen LogP contribution is 2.33. The molecule has 8 nitrogen and oxygen atoms in total. The van der Waals surface area contributed by atoms with E-state index in [0.717, 1.165) is 37.3 Å². The summed E-state index contributed by atoms with van der Waals surface area (Å²) in [6.07, 6.45) is 3.13. The first-order valence-corrected chi connectivity index (χ1v) is 9.67. The van der Waals surface area contributed by atoms with E-state index in [1.165, 1.54) is 11.3 Å². The van der Waals surface area contributed by atoms with E-state index in [1.807, 2.05) is 24.0 Å². The molecular weight excluding hydrogens is 354 g/mol. The Labute approximate surface area is 155 Å². The summed E-state index contributed by atoms with van der Waals surface area (Å²) in [6.45, 7) is 3.71. The van der Waals surface area contributed by atoms with Crippen LogP contribution in [0.25, 0.3) is 0 Å². The first-order chi connectivity index (χ1) is 12.6. The number of nitrogens with one attached hydrogen (secondary N) is 1. The van der Waals surface area contributed by atoms with Gasteiger partial charge in [0.25, 0.3) is 0 Å². The van der Waals surface area contributed by atoms with E-state index in [9.17, 15) is 9.59 Å². The predicted molar refractivity (Wildman–Crippen MR) is 97.2 cm³/mol. The van der Waals surface area contributed by atoms with Crippen LogP contribution < -0.4 is 15.1 Å². The molecule has 0 radical (unpaired) electrons. The summed E-state index contributed by atoms with van der Waals surface area (Å²) < 4.78 is 5.49. The summed E-state index contributed by atoms with van der Waals surface area (Å²) in [5.74, 6) is 1.63. The molecule has 4 rings (SSSR count). The van der Waals surface area contributed by atoms with Crippen molar-refractivity contribution in [2.75, 3.05) is 22.9 Å². The molecule has 2 aliphatic rings. The topological polar surface area (TPSA) is 91.6 Å². The summed E-state index contributed by atoms with van der Waals surface area (Å²) in [7, 11) is 0. The quantitative estimate of drug-likeness (QED) is 0.858. The minimum Gasteiger partial charge on any atom is -0.465 e. The standard InChI is InChI=1S/C17H21N5O3S/c1-11-6-7-12(25-11)10-18-15(24)13-4-2-8-21(13)16-19-20-17(26-16)22-9-3-5-14(22)23/h6-7,13H,2-5,8-10H2,1H3,(H,18,24). The Balaban J connectivity index is 1.42. The van der Waals surface area contributed by atoms with Crippen LogP contribution in [-0.2, 0) is 16.1 Å². The van der Waals surface area contributed by atoms with Crippen LogP contribution in [0.3, 0.4) is 0 Å². The molecular formula is C17H21N5O3S. The van der Waals surface area contributed by atoms with Crippen molar-refractivity contribution in [3.05, 3.63) is 23.7 Å². The first-order valence-electron chi connectivity index (χ1n) is 8.85. The van der Waals surface area contributed by atoms with Crippen LogP contribution in [0.5, 0.6) is 0 Å². The summed E-state index contributed by atoms with van der Waals surface area (Å²) in [6, 6.07) is 3.49. The van der Waals surface area contributed by atoms with Crippen LogP contribution in [0.4, 0.5) is 10.3 Å². The van der Waals surface area contributed by atoms with E-state index in [2.05, 4.69) is 15.5 Å². The van der Waals surface area contributed by atoms with Gasteiger partial charge in [0, 0.05) is 19.5 Å². The smallest absolute Gasteiger partial charge is 0.243 e. The van der Waals surface area contributed by atoms with Gasteiger partial charge in [-0.15, -0.1) is 10.2 Å². The Morgan fingerprint density at radius 3 is 2.88 bits per heavy atom. The molecule has 4 heterocycles. The number of carbonyl (C=O) groups excluding carboxylic acids is 2. The summed E-state index contributed by atoms with van der Waals surface area (Å²) in [5.41, 5.74) is 0. The molecule has 2 aliphatic heterocycles. The molecule has 2 aromatic rings. The zero-order valence-corrected chi connectivity index (χ0v) is 15.4. The average molecular weight is 375 g/mol. The summed E-state index contributed by atoms with van der Waals surface area (Å²) in [5, 5.41) is 12.7. The highest BCUT2D eigenvalue weighted by Gasteiger charge is 2.34. The van der Waals surface area contributed by atoms with Gasteiger partial charge >= 0.3 is 0 Å². The third-order valence-electron chi connectivity index (χ3n) is 4.74. The van der Waals surface area contributed by atoms with E-state index in [4.69, 9.17) is 4.42 Å². The molecule has 9 heteroatoms. The van der Waals surface area contributed by atoms with Crippen LogP contribution in [0.2, 0.25) is 0 Å². The molecule has 1 unspecified atom stereocenters. The molecule has 2 amide bonds. The van der Waals surface area contributed by atoms with Crippen molar-refractivity contribution >= 4 is 33.4 Å². The number of amides is 2. The van der Waals surface area contributed by atoms with Gasteiger partial charge in [0.05, 0.1) is 6.54 Å². The molecule has 1 N–H and O–H groups in total. The first kappa shape index (κ1) is 17.0. The number of furan rings is 1. The van der Waals surface area contributed by atoms with Crippen molar-refractivity contribution in [3.8, 4) is 0 Å². The van der Waals surface area contributed by atoms with Crippen molar-refractivity contribution in [2.45, 2.75) is 45.2 Å². The minimum absolute atomic E-state index is 0.0365. The van der Waals surface area contributed by atoms with E-state index < -0.39 is 0 Å². The fourth-order valence-corrected chi connectivity index (χ4v) is 4.39.